The maximum atomic E-state index is 12.3. The van der Waals surface area contributed by atoms with Gasteiger partial charge in [-0.25, -0.2) is 4.79 Å². The van der Waals surface area contributed by atoms with E-state index in [-0.39, 0.29) is 29.7 Å². The number of carboxylic acids is 1. The Labute approximate surface area is 157 Å². The third-order valence-electron chi connectivity index (χ3n) is 6.40. The van der Waals surface area contributed by atoms with Crippen molar-refractivity contribution >= 4 is 12.1 Å². The fourth-order valence-corrected chi connectivity index (χ4v) is 5.13. The first kappa shape index (κ1) is 16.4. The zero-order chi connectivity index (χ0) is 18.5. The molecule has 138 valence electrons. The summed E-state index contributed by atoms with van der Waals surface area (Å²) in [6.45, 7) is 0.303. The van der Waals surface area contributed by atoms with Crippen LogP contribution in [0.15, 0.2) is 48.5 Å². The van der Waals surface area contributed by atoms with Crippen molar-refractivity contribution in [3.63, 3.8) is 0 Å². The van der Waals surface area contributed by atoms with E-state index in [1.54, 1.807) is 0 Å². The predicted molar refractivity (Wildman–Crippen MR) is 99.3 cm³/mol. The number of nitrogens with one attached hydrogen (secondary N) is 1. The van der Waals surface area contributed by atoms with E-state index in [9.17, 15) is 9.59 Å². The summed E-state index contributed by atoms with van der Waals surface area (Å²) < 4.78 is 5.56. The van der Waals surface area contributed by atoms with Crippen molar-refractivity contribution in [3.8, 4) is 11.1 Å². The zero-order valence-electron chi connectivity index (χ0n) is 14.8. The zero-order valence-corrected chi connectivity index (χ0v) is 14.8. The third kappa shape index (κ3) is 2.69. The highest BCUT2D eigenvalue weighted by Crippen LogP contribution is 2.57. The molecule has 0 radical (unpaired) electrons. The molecule has 2 aromatic rings. The van der Waals surface area contributed by atoms with E-state index in [0.29, 0.717) is 6.61 Å². The van der Waals surface area contributed by atoms with Crippen LogP contribution in [0.3, 0.4) is 0 Å². The van der Waals surface area contributed by atoms with Crippen LogP contribution in [0.4, 0.5) is 4.79 Å². The molecular weight excluding hydrogens is 342 g/mol. The van der Waals surface area contributed by atoms with Crippen LogP contribution in [0.25, 0.3) is 11.1 Å². The number of ether oxygens (including phenoxy) is 1. The summed E-state index contributed by atoms with van der Waals surface area (Å²) in [6, 6.07) is 16.5. The van der Waals surface area contributed by atoms with Crippen molar-refractivity contribution in [2.45, 2.75) is 24.8 Å². The summed E-state index contributed by atoms with van der Waals surface area (Å²) in [6.07, 6.45) is 1.08. The van der Waals surface area contributed by atoms with Crippen LogP contribution >= 0.6 is 0 Å². The molecule has 2 unspecified atom stereocenters. The smallest absolute Gasteiger partial charge is 0.407 e. The molecule has 1 amide bonds. The number of alkyl carbamates (subject to hydrolysis) is 1. The molecule has 0 spiro atoms. The molecule has 0 bridgehead atoms. The van der Waals surface area contributed by atoms with Crippen LogP contribution < -0.4 is 5.32 Å². The SMILES string of the molecule is O=C(NC1CC2C(C1)C2C(=O)O)OCC1c2ccccc2-c2ccccc21. The Morgan fingerprint density at radius 3 is 2.07 bits per heavy atom. The van der Waals surface area contributed by atoms with Gasteiger partial charge >= 0.3 is 12.1 Å². The first-order valence-corrected chi connectivity index (χ1v) is 9.48. The molecule has 0 aliphatic heterocycles. The van der Waals surface area contributed by atoms with Gasteiger partial charge in [-0.3, -0.25) is 4.79 Å². The molecule has 3 aliphatic rings. The van der Waals surface area contributed by atoms with Crippen LogP contribution in [-0.4, -0.2) is 29.8 Å². The van der Waals surface area contributed by atoms with E-state index in [1.165, 1.54) is 22.3 Å². The fourth-order valence-electron chi connectivity index (χ4n) is 5.13. The quantitative estimate of drug-likeness (QED) is 0.870. The molecule has 2 fully saturated rings. The largest absolute Gasteiger partial charge is 0.481 e. The number of fused-ring (bicyclic) bond motifs is 4. The molecule has 0 heterocycles. The number of hydrogen-bond donors (Lipinski definition) is 2. The van der Waals surface area contributed by atoms with Crippen molar-refractivity contribution in [2.24, 2.45) is 17.8 Å². The van der Waals surface area contributed by atoms with Crippen molar-refractivity contribution in [3.05, 3.63) is 59.7 Å². The molecule has 3 aliphatic carbocycles. The first-order valence-electron chi connectivity index (χ1n) is 9.48. The topological polar surface area (TPSA) is 75.6 Å². The van der Waals surface area contributed by atoms with Gasteiger partial charge in [0.1, 0.15) is 6.61 Å². The molecule has 2 atom stereocenters. The van der Waals surface area contributed by atoms with Crippen LogP contribution in [0.2, 0.25) is 0 Å². The van der Waals surface area contributed by atoms with Gasteiger partial charge in [-0.1, -0.05) is 48.5 Å². The Balaban J connectivity index is 1.21. The van der Waals surface area contributed by atoms with E-state index in [1.807, 2.05) is 24.3 Å². The minimum Gasteiger partial charge on any atom is -0.481 e. The number of carboxylic acid groups (broad SMARTS) is 1. The van der Waals surface area contributed by atoms with Gasteiger partial charge in [0.25, 0.3) is 0 Å². The number of carbonyl (C=O) groups excluding carboxylic acids is 1. The van der Waals surface area contributed by atoms with Crippen LogP contribution in [0, 0.1) is 17.8 Å². The van der Waals surface area contributed by atoms with E-state index in [0.717, 1.165) is 12.8 Å². The molecule has 27 heavy (non-hydrogen) atoms. The van der Waals surface area contributed by atoms with Gasteiger partial charge in [0.2, 0.25) is 0 Å². The lowest BCUT2D eigenvalue weighted by Gasteiger charge is -2.18. The summed E-state index contributed by atoms with van der Waals surface area (Å²) in [5, 5.41) is 12.0. The summed E-state index contributed by atoms with van der Waals surface area (Å²) in [5.74, 6) is -0.408. The van der Waals surface area contributed by atoms with Crippen molar-refractivity contribution in [1.29, 1.82) is 0 Å². The highest BCUT2D eigenvalue weighted by Gasteiger charge is 2.60. The maximum Gasteiger partial charge on any atom is 0.407 e. The van der Waals surface area contributed by atoms with Gasteiger partial charge < -0.3 is 15.2 Å². The highest BCUT2D eigenvalue weighted by atomic mass is 16.5. The van der Waals surface area contributed by atoms with Gasteiger partial charge in [-0.15, -0.1) is 0 Å². The summed E-state index contributed by atoms with van der Waals surface area (Å²) in [7, 11) is 0. The molecule has 5 heteroatoms. The standard InChI is InChI=1S/C22H21NO4/c24-21(25)20-17-9-12(10-18(17)20)23-22(26)27-11-19-15-7-3-1-5-13(15)14-6-2-4-8-16(14)19/h1-8,12,17-20H,9-11H2,(H,23,26)(H,24,25). The average molecular weight is 363 g/mol. The van der Waals surface area contributed by atoms with Gasteiger partial charge in [-0.05, 0) is 46.9 Å². The lowest BCUT2D eigenvalue weighted by molar-refractivity contribution is -0.139. The summed E-state index contributed by atoms with van der Waals surface area (Å²) in [5.41, 5.74) is 4.80. The highest BCUT2D eigenvalue weighted by molar-refractivity contribution is 5.79. The monoisotopic (exact) mass is 363 g/mol. The Hall–Kier alpha value is -2.82. The molecular formula is C22H21NO4. The van der Waals surface area contributed by atoms with Gasteiger partial charge in [0.15, 0.2) is 0 Å². The van der Waals surface area contributed by atoms with E-state index in [2.05, 4.69) is 29.6 Å². The summed E-state index contributed by atoms with van der Waals surface area (Å²) >= 11 is 0. The van der Waals surface area contributed by atoms with Crippen LogP contribution in [-0.2, 0) is 9.53 Å². The van der Waals surface area contributed by atoms with E-state index < -0.39 is 12.1 Å². The van der Waals surface area contributed by atoms with Gasteiger partial charge in [-0.2, -0.15) is 0 Å². The van der Waals surface area contributed by atoms with Gasteiger partial charge in [0, 0.05) is 12.0 Å². The Morgan fingerprint density at radius 1 is 0.963 bits per heavy atom. The number of rotatable bonds is 4. The Bertz CT molecular complexity index is 867. The number of hydrogen-bond acceptors (Lipinski definition) is 3. The van der Waals surface area contributed by atoms with Crippen LogP contribution in [0.5, 0.6) is 0 Å². The van der Waals surface area contributed by atoms with E-state index >= 15 is 0 Å². The summed E-state index contributed by atoms with van der Waals surface area (Å²) in [4.78, 5) is 23.3. The fraction of sp³-hybridized carbons (Fsp3) is 0.364. The molecule has 2 N–H and O–H groups in total. The average Bonchev–Trinajstić information content (AvgIpc) is 3.04. The number of aliphatic carboxylic acids is 1. The van der Waals surface area contributed by atoms with Crippen molar-refractivity contribution in [1.82, 2.24) is 5.32 Å². The lowest BCUT2D eigenvalue weighted by Crippen LogP contribution is -2.35. The number of amides is 1. The molecule has 2 saturated carbocycles. The van der Waals surface area contributed by atoms with Crippen molar-refractivity contribution < 1.29 is 19.4 Å². The number of carbonyl (C=O) groups is 2. The van der Waals surface area contributed by atoms with Crippen LogP contribution in [0.1, 0.15) is 29.9 Å². The van der Waals surface area contributed by atoms with Gasteiger partial charge in [0.05, 0.1) is 5.92 Å². The Kier molecular flexibility index (Phi) is 3.71. The Morgan fingerprint density at radius 2 is 1.52 bits per heavy atom. The van der Waals surface area contributed by atoms with Crippen molar-refractivity contribution in [2.75, 3.05) is 6.61 Å². The first-order chi connectivity index (χ1) is 13.1. The molecule has 0 aromatic heterocycles. The molecule has 5 nitrogen and oxygen atoms in total. The minimum absolute atomic E-state index is 0.0336. The maximum absolute atomic E-state index is 12.3. The molecule has 0 saturated heterocycles. The predicted octanol–water partition coefficient (Wildman–Crippen LogP) is 3.63. The second-order valence-corrected chi connectivity index (χ2v) is 7.83. The molecule has 5 rings (SSSR count). The second kappa shape index (κ2) is 6.12. The third-order valence-corrected chi connectivity index (χ3v) is 6.40. The van der Waals surface area contributed by atoms with E-state index in [4.69, 9.17) is 9.84 Å². The number of benzene rings is 2. The minimum atomic E-state index is -0.704. The molecule has 2 aromatic carbocycles. The normalized spacial score (nSPS) is 27.4. The lowest BCUT2D eigenvalue weighted by atomic mass is 9.98. The second-order valence-electron chi connectivity index (χ2n) is 7.83.